The number of hydrogen-bond acceptors (Lipinski definition) is 2. The van der Waals surface area contributed by atoms with Gasteiger partial charge < -0.3 is 9.84 Å². The maximum atomic E-state index is 9.27. The SMILES string of the molecule is CC(C)CC(CO)CC1CCOCC1. The van der Waals surface area contributed by atoms with E-state index in [2.05, 4.69) is 13.8 Å². The van der Waals surface area contributed by atoms with Crippen LogP contribution >= 0.6 is 0 Å². The Bertz CT molecular complexity index is 139. The van der Waals surface area contributed by atoms with Gasteiger partial charge in [0.2, 0.25) is 0 Å². The molecule has 84 valence electrons. The molecule has 0 aromatic carbocycles. The lowest BCUT2D eigenvalue weighted by atomic mass is 9.85. The van der Waals surface area contributed by atoms with Crippen LogP contribution < -0.4 is 0 Å². The third kappa shape index (κ3) is 4.43. The van der Waals surface area contributed by atoms with Gasteiger partial charge in [0.05, 0.1) is 0 Å². The summed E-state index contributed by atoms with van der Waals surface area (Å²) in [5.74, 6) is 2.00. The molecule has 1 unspecified atom stereocenters. The summed E-state index contributed by atoms with van der Waals surface area (Å²) in [7, 11) is 0. The largest absolute Gasteiger partial charge is 0.396 e. The number of rotatable bonds is 5. The van der Waals surface area contributed by atoms with Gasteiger partial charge in [0.25, 0.3) is 0 Å². The Labute approximate surface area is 87.7 Å². The standard InChI is InChI=1S/C12H24O2/c1-10(2)7-12(9-13)8-11-3-5-14-6-4-11/h10-13H,3-9H2,1-2H3. The minimum absolute atomic E-state index is 0.357. The molecule has 0 amide bonds. The van der Waals surface area contributed by atoms with Gasteiger partial charge in [-0.05, 0) is 43.4 Å². The van der Waals surface area contributed by atoms with Gasteiger partial charge in [-0.25, -0.2) is 0 Å². The molecule has 1 fully saturated rings. The van der Waals surface area contributed by atoms with Gasteiger partial charge in [0.15, 0.2) is 0 Å². The van der Waals surface area contributed by atoms with E-state index in [1.165, 1.54) is 19.3 Å². The third-order valence-corrected chi connectivity index (χ3v) is 3.07. The highest BCUT2D eigenvalue weighted by Crippen LogP contribution is 2.26. The zero-order valence-corrected chi connectivity index (χ0v) is 9.54. The molecule has 0 saturated carbocycles. The normalized spacial score (nSPS) is 21.4. The molecule has 1 N–H and O–H groups in total. The maximum absolute atomic E-state index is 9.27. The summed E-state index contributed by atoms with van der Waals surface area (Å²) in [5, 5.41) is 9.27. The van der Waals surface area contributed by atoms with E-state index in [4.69, 9.17) is 4.74 Å². The Morgan fingerprint density at radius 2 is 1.93 bits per heavy atom. The first-order valence-corrected chi connectivity index (χ1v) is 5.91. The molecule has 1 heterocycles. The zero-order chi connectivity index (χ0) is 10.4. The van der Waals surface area contributed by atoms with Gasteiger partial charge in [-0.1, -0.05) is 13.8 Å². The van der Waals surface area contributed by atoms with Gasteiger partial charge in [0, 0.05) is 19.8 Å². The number of aliphatic hydroxyl groups excluding tert-OH is 1. The Hall–Kier alpha value is -0.0800. The van der Waals surface area contributed by atoms with E-state index in [1.54, 1.807) is 0 Å². The van der Waals surface area contributed by atoms with E-state index < -0.39 is 0 Å². The second-order valence-electron chi connectivity index (χ2n) is 4.97. The fourth-order valence-electron chi connectivity index (χ4n) is 2.37. The molecule has 1 aliphatic heterocycles. The van der Waals surface area contributed by atoms with Gasteiger partial charge in [0.1, 0.15) is 0 Å². The average Bonchev–Trinajstić information content (AvgIpc) is 2.17. The molecule has 0 aliphatic carbocycles. The molecule has 1 rings (SSSR count). The predicted octanol–water partition coefficient (Wildman–Crippen LogP) is 2.46. The highest BCUT2D eigenvalue weighted by atomic mass is 16.5. The first kappa shape index (κ1) is 12.0. The summed E-state index contributed by atoms with van der Waals surface area (Å²) in [6.07, 6.45) is 4.73. The predicted molar refractivity (Wildman–Crippen MR) is 58.2 cm³/mol. The molecule has 1 atom stereocenters. The van der Waals surface area contributed by atoms with Crippen molar-refractivity contribution in [3.63, 3.8) is 0 Å². The van der Waals surface area contributed by atoms with Crippen LogP contribution in [0.3, 0.4) is 0 Å². The quantitative estimate of drug-likeness (QED) is 0.738. The Morgan fingerprint density at radius 1 is 1.29 bits per heavy atom. The van der Waals surface area contributed by atoms with Gasteiger partial charge in [-0.3, -0.25) is 0 Å². The summed E-state index contributed by atoms with van der Waals surface area (Å²) in [6, 6.07) is 0. The van der Waals surface area contributed by atoms with E-state index in [9.17, 15) is 5.11 Å². The van der Waals surface area contributed by atoms with Crippen LogP contribution in [0.1, 0.15) is 39.5 Å². The highest BCUT2D eigenvalue weighted by molar-refractivity contribution is 4.69. The van der Waals surface area contributed by atoms with Crippen LogP contribution in [-0.2, 0) is 4.74 Å². The van der Waals surface area contributed by atoms with Crippen molar-refractivity contribution in [1.82, 2.24) is 0 Å². The Kier molecular flexibility index (Phi) is 5.49. The van der Waals surface area contributed by atoms with Crippen molar-refractivity contribution in [3.05, 3.63) is 0 Å². The van der Waals surface area contributed by atoms with Gasteiger partial charge in [-0.2, -0.15) is 0 Å². The lowest BCUT2D eigenvalue weighted by molar-refractivity contribution is 0.0520. The van der Waals surface area contributed by atoms with Crippen molar-refractivity contribution >= 4 is 0 Å². The third-order valence-electron chi connectivity index (χ3n) is 3.07. The van der Waals surface area contributed by atoms with E-state index in [1.807, 2.05) is 0 Å². The van der Waals surface area contributed by atoms with Crippen LogP contribution in [-0.4, -0.2) is 24.9 Å². The van der Waals surface area contributed by atoms with Gasteiger partial charge >= 0.3 is 0 Å². The maximum Gasteiger partial charge on any atom is 0.0468 e. The molecular weight excluding hydrogens is 176 g/mol. The average molecular weight is 200 g/mol. The molecule has 0 radical (unpaired) electrons. The van der Waals surface area contributed by atoms with E-state index in [0.717, 1.165) is 25.6 Å². The van der Waals surface area contributed by atoms with Crippen LogP contribution in [0.5, 0.6) is 0 Å². The molecule has 1 aliphatic rings. The number of hydrogen-bond donors (Lipinski definition) is 1. The van der Waals surface area contributed by atoms with Crippen LogP contribution in [0, 0.1) is 17.8 Å². The van der Waals surface area contributed by atoms with Crippen molar-refractivity contribution in [2.45, 2.75) is 39.5 Å². The fraction of sp³-hybridized carbons (Fsp3) is 1.00. The molecule has 2 nitrogen and oxygen atoms in total. The summed E-state index contributed by atoms with van der Waals surface area (Å²) in [5.41, 5.74) is 0. The molecule has 0 aromatic rings. The van der Waals surface area contributed by atoms with Crippen LogP contribution in [0.25, 0.3) is 0 Å². The topological polar surface area (TPSA) is 29.5 Å². The summed E-state index contributed by atoms with van der Waals surface area (Å²) in [4.78, 5) is 0. The monoisotopic (exact) mass is 200 g/mol. The fourth-order valence-corrected chi connectivity index (χ4v) is 2.37. The first-order chi connectivity index (χ1) is 6.72. The first-order valence-electron chi connectivity index (χ1n) is 5.91. The molecular formula is C12H24O2. The van der Waals surface area contributed by atoms with Crippen molar-refractivity contribution in [1.29, 1.82) is 0 Å². The molecule has 1 saturated heterocycles. The van der Waals surface area contributed by atoms with Crippen LogP contribution in [0.15, 0.2) is 0 Å². The van der Waals surface area contributed by atoms with E-state index >= 15 is 0 Å². The molecule has 0 aromatic heterocycles. The molecule has 0 spiro atoms. The van der Waals surface area contributed by atoms with E-state index in [0.29, 0.717) is 18.4 Å². The van der Waals surface area contributed by atoms with Crippen LogP contribution in [0.2, 0.25) is 0 Å². The second kappa shape index (κ2) is 6.41. The smallest absolute Gasteiger partial charge is 0.0468 e. The summed E-state index contributed by atoms with van der Waals surface area (Å²) < 4.78 is 5.33. The van der Waals surface area contributed by atoms with Gasteiger partial charge in [-0.15, -0.1) is 0 Å². The highest BCUT2D eigenvalue weighted by Gasteiger charge is 2.19. The van der Waals surface area contributed by atoms with Crippen LogP contribution in [0.4, 0.5) is 0 Å². The number of aliphatic hydroxyl groups is 1. The summed E-state index contributed by atoms with van der Waals surface area (Å²) >= 11 is 0. The van der Waals surface area contributed by atoms with Crippen molar-refractivity contribution in [2.24, 2.45) is 17.8 Å². The lowest BCUT2D eigenvalue weighted by Crippen LogP contribution is -2.21. The van der Waals surface area contributed by atoms with Crippen molar-refractivity contribution < 1.29 is 9.84 Å². The molecule has 2 heteroatoms. The van der Waals surface area contributed by atoms with Crippen molar-refractivity contribution in [3.8, 4) is 0 Å². The molecule has 0 bridgehead atoms. The minimum atomic E-state index is 0.357. The second-order valence-corrected chi connectivity index (χ2v) is 4.97. The molecule has 14 heavy (non-hydrogen) atoms. The zero-order valence-electron chi connectivity index (χ0n) is 9.54. The number of ether oxygens (including phenoxy) is 1. The van der Waals surface area contributed by atoms with E-state index in [-0.39, 0.29) is 0 Å². The minimum Gasteiger partial charge on any atom is -0.396 e. The Balaban J connectivity index is 2.23. The summed E-state index contributed by atoms with van der Waals surface area (Å²) in [6.45, 7) is 6.66. The lowest BCUT2D eigenvalue weighted by Gasteiger charge is -2.26. The van der Waals surface area contributed by atoms with Crippen molar-refractivity contribution in [2.75, 3.05) is 19.8 Å². The Morgan fingerprint density at radius 3 is 2.43 bits per heavy atom.